The summed E-state index contributed by atoms with van der Waals surface area (Å²) in [6, 6.07) is 0.422. The van der Waals surface area contributed by atoms with Crippen molar-refractivity contribution in [3.05, 3.63) is 33.8 Å². The number of anilines is 1. The first-order chi connectivity index (χ1) is 11.1. The third-order valence-electron chi connectivity index (χ3n) is 4.26. The van der Waals surface area contributed by atoms with Crippen LogP contribution < -0.4 is 5.32 Å². The number of hydrogen-bond acceptors (Lipinski definition) is 6. The largest absolute Gasteiger partial charge is 0.305 e. The quantitative estimate of drug-likeness (QED) is 0.869. The summed E-state index contributed by atoms with van der Waals surface area (Å²) in [6.45, 7) is 8.10. The Morgan fingerprint density at radius 2 is 2.26 bits per heavy atom. The van der Waals surface area contributed by atoms with Gasteiger partial charge in [-0.1, -0.05) is 0 Å². The molecule has 0 aromatic carbocycles. The van der Waals surface area contributed by atoms with Crippen molar-refractivity contribution in [2.75, 3.05) is 11.9 Å². The molecule has 0 saturated heterocycles. The molecule has 6 nitrogen and oxygen atoms in total. The van der Waals surface area contributed by atoms with E-state index in [0.29, 0.717) is 17.6 Å². The SMILES string of the molecule is Cc1nc(C)c2c(n1)CCN(Cc1cnc(NC=O)s1)C(C)C2. The highest BCUT2D eigenvalue weighted by atomic mass is 32.1. The maximum atomic E-state index is 10.5. The molecule has 2 aromatic heterocycles. The van der Waals surface area contributed by atoms with Crippen molar-refractivity contribution in [3.8, 4) is 0 Å². The fourth-order valence-corrected chi connectivity index (χ4v) is 3.90. The molecule has 0 fully saturated rings. The number of aryl methyl sites for hydroxylation is 2. The number of carbonyl (C=O) groups excluding carboxylic acids is 1. The van der Waals surface area contributed by atoms with Gasteiger partial charge in [0.05, 0.1) is 0 Å². The number of thiazole rings is 1. The molecule has 3 heterocycles. The van der Waals surface area contributed by atoms with Crippen LogP contribution in [0.5, 0.6) is 0 Å². The van der Waals surface area contributed by atoms with Crippen LogP contribution >= 0.6 is 11.3 Å². The smallest absolute Gasteiger partial charge is 0.213 e. The first-order valence-corrected chi connectivity index (χ1v) is 8.60. The molecule has 1 atom stereocenters. The number of rotatable bonds is 4. The maximum Gasteiger partial charge on any atom is 0.213 e. The molecule has 0 spiro atoms. The van der Waals surface area contributed by atoms with Crippen molar-refractivity contribution < 1.29 is 4.79 Å². The van der Waals surface area contributed by atoms with E-state index in [0.717, 1.165) is 42.3 Å². The summed E-state index contributed by atoms with van der Waals surface area (Å²) >= 11 is 1.53. The van der Waals surface area contributed by atoms with Crippen LogP contribution in [0.1, 0.15) is 34.6 Å². The predicted molar refractivity (Wildman–Crippen MR) is 90.6 cm³/mol. The monoisotopic (exact) mass is 331 g/mol. The zero-order chi connectivity index (χ0) is 16.4. The normalized spacial score (nSPS) is 18.3. The number of nitrogens with one attached hydrogen (secondary N) is 1. The van der Waals surface area contributed by atoms with Gasteiger partial charge in [-0.3, -0.25) is 9.69 Å². The molecule has 0 bridgehead atoms. The molecular weight excluding hydrogens is 310 g/mol. The third-order valence-corrected chi connectivity index (χ3v) is 5.18. The van der Waals surface area contributed by atoms with Gasteiger partial charge >= 0.3 is 0 Å². The summed E-state index contributed by atoms with van der Waals surface area (Å²) in [5.74, 6) is 0.856. The Hall–Kier alpha value is -1.86. The van der Waals surface area contributed by atoms with Crippen molar-refractivity contribution in [1.82, 2.24) is 19.9 Å². The van der Waals surface area contributed by atoms with E-state index in [1.165, 1.54) is 22.6 Å². The van der Waals surface area contributed by atoms with Crippen LogP contribution in [0.25, 0.3) is 0 Å². The number of amides is 1. The molecule has 7 heteroatoms. The Morgan fingerprint density at radius 3 is 3.04 bits per heavy atom. The lowest BCUT2D eigenvalue weighted by Gasteiger charge is -2.26. The van der Waals surface area contributed by atoms with Crippen LogP contribution in [0.2, 0.25) is 0 Å². The Bertz CT molecular complexity index is 714. The summed E-state index contributed by atoms with van der Waals surface area (Å²) in [4.78, 5) is 27.5. The van der Waals surface area contributed by atoms with E-state index in [9.17, 15) is 4.79 Å². The molecule has 23 heavy (non-hydrogen) atoms. The van der Waals surface area contributed by atoms with Gasteiger partial charge in [-0.05, 0) is 32.8 Å². The predicted octanol–water partition coefficient (Wildman–Crippen LogP) is 2.11. The number of nitrogens with zero attached hydrogens (tertiary/aromatic N) is 4. The fourth-order valence-electron chi connectivity index (χ4n) is 3.11. The zero-order valence-corrected chi connectivity index (χ0v) is 14.5. The molecule has 0 saturated carbocycles. The van der Waals surface area contributed by atoms with E-state index in [-0.39, 0.29) is 0 Å². The van der Waals surface area contributed by atoms with Crippen LogP contribution in [0.3, 0.4) is 0 Å². The van der Waals surface area contributed by atoms with Crippen LogP contribution in [0, 0.1) is 13.8 Å². The minimum absolute atomic E-state index is 0.422. The standard InChI is InChI=1S/C16H21N5OS/c1-10-6-14-11(2)19-12(3)20-15(14)4-5-21(10)8-13-7-17-16(23-13)18-9-22/h7,9-10H,4-6,8H2,1-3H3,(H,17,18,22). The topological polar surface area (TPSA) is 71.0 Å². The van der Waals surface area contributed by atoms with Crippen molar-refractivity contribution in [2.45, 2.75) is 46.2 Å². The molecule has 122 valence electrons. The van der Waals surface area contributed by atoms with Crippen LogP contribution in [0.4, 0.5) is 5.13 Å². The molecule has 2 aromatic rings. The lowest BCUT2D eigenvalue weighted by atomic mass is 10.0. The van der Waals surface area contributed by atoms with E-state index in [2.05, 4.69) is 39.0 Å². The van der Waals surface area contributed by atoms with Crippen molar-refractivity contribution >= 4 is 22.9 Å². The van der Waals surface area contributed by atoms with Gasteiger partial charge in [0.25, 0.3) is 0 Å². The zero-order valence-electron chi connectivity index (χ0n) is 13.7. The maximum absolute atomic E-state index is 10.5. The van der Waals surface area contributed by atoms with Crippen LogP contribution in [-0.4, -0.2) is 38.8 Å². The Balaban J connectivity index is 1.75. The van der Waals surface area contributed by atoms with Gasteiger partial charge in [0.2, 0.25) is 6.41 Å². The lowest BCUT2D eigenvalue weighted by molar-refractivity contribution is -0.105. The number of carbonyl (C=O) groups is 1. The average molecular weight is 331 g/mol. The van der Waals surface area contributed by atoms with E-state index >= 15 is 0 Å². The van der Waals surface area contributed by atoms with Gasteiger partial charge in [-0.15, -0.1) is 11.3 Å². The van der Waals surface area contributed by atoms with Gasteiger partial charge in [-0.25, -0.2) is 15.0 Å². The molecule has 1 aliphatic heterocycles. The van der Waals surface area contributed by atoms with Crippen LogP contribution in [-0.2, 0) is 24.2 Å². The third kappa shape index (κ3) is 3.56. The van der Waals surface area contributed by atoms with Gasteiger partial charge in [0.1, 0.15) is 5.82 Å². The second-order valence-electron chi connectivity index (χ2n) is 5.95. The van der Waals surface area contributed by atoms with Crippen molar-refractivity contribution in [1.29, 1.82) is 0 Å². The minimum Gasteiger partial charge on any atom is -0.305 e. The molecule has 1 unspecified atom stereocenters. The number of aromatic nitrogens is 3. The van der Waals surface area contributed by atoms with Crippen molar-refractivity contribution in [3.63, 3.8) is 0 Å². The summed E-state index contributed by atoms with van der Waals surface area (Å²) < 4.78 is 0. The molecule has 1 N–H and O–H groups in total. The summed E-state index contributed by atoms with van der Waals surface area (Å²) in [7, 11) is 0. The first-order valence-electron chi connectivity index (χ1n) is 7.78. The summed E-state index contributed by atoms with van der Waals surface area (Å²) in [5.41, 5.74) is 3.60. The first kappa shape index (κ1) is 16.0. The second-order valence-corrected chi connectivity index (χ2v) is 7.06. The van der Waals surface area contributed by atoms with E-state index in [1.807, 2.05) is 13.1 Å². The molecule has 3 rings (SSSR count). The van der Waals surface area contributed by atoms with E-state index in [1.54, 1.807) is 0 Å². The highest BCUT2D eigenvalue weighted by Crippen LogP contribution is 2.25. The van der Waals surface area contributed by atoms with Gasteiger partial charge < -0.3 is 5.32 Å². The Kier molecular flexibility index (Phi) is 4.68. The molecule has 1 aliphatic rings. The Morgan fingerprint density at radius 1 is 1.43 bits per heavy atom. The lowest BCUT2D eigenvalue weighted by Crippen LogP contribution is -2.33. The summed E-state index contributed by atoms with van der Waals surface area (Å²) in [6.07, 6.45) is 4.43. The molecule has 0 radical (unpaired) electrons. The van der Waals surface area contributed by atoms with E-state index in [4.69, 9.17) is 0 Å². The summed E-state index contributed by atoms with van der Waals surface area (Å²) in [5, 5.41) is 3.26. The van der Waals surface area contributed by atoms with Gasteiger partial charge in [-0.2, -0.15) is 0 Å². The molecular formula is C16H21N5OS. The highest BCUT2D eigenvalue weighted by Gasteiger charge is 2.24. The van der Waals surface area contributed by atoms with Gasteiger partial charge in [0, 0.05) is 48.0 Å². The van der Waals surface area contributed by atoms with E-state index < -0.39 is 0 Å². The average Bonchev–Trinajstić information content (AvgIpc) is 2.87. The van der Waals surface area contributed by atoms with Gasteiger partial charge in [0.15, 0.2) is 5.13 Å². The second kappa shape index (κ2) is 6.72. The highest BCUT2D eigenvalue weighted by molar-refractivity contribution is 7.15. The Labute approximate surface area is 140 Å². The molecule has 0 aliphatic carbocycles. The van der Waals surface area contributed by atoms with Crippen molar-refractivity contribution in [2.24, 2.45) is 0 Å². The number of fused-ring (bicyclic) bond motifs is 1. The molecule has 1 amide bonds. The minimum atomic E-state index is 0.422. The fraction of sp³-hybridized carbons (Fsp3) is 0.500. The number of hydrogen-bond donors (Lipinski definition) is 1. The van der Waals surface area contributed by atoms with Crippen LogP contribution in [0.15, 0.2) is 6.20 Å².